The fourth-order valence-electron chi connectivity index (χ4n) is 3.26. The van der Waals surface area contributed by atoms with E-state index in [0.29, 0.717) is 30.5 Å². The van der Waals surface area contributed by atoms with E-state index in [1.165, 1.54) is 19.2 Å². The summed E-state index contributed by atoms with van der Waals surface area (Å²) >= 11 is 0. The zero-order chi connectivity index (χ0) is 21.5. The maximum Gasteiger partial charge on any atom is 0.339 e. The molecular formula is C23H27NO6. The molecule has 0 saturated carbocycles. The Kier molecular flexibility index (Phi) is 7.17. The molecule has 2 aromatic carbocycles. The summed E-state index contributed by atoms with van der Waals surface area (Å²) in [4.78, 5) is 25.3. The van der Waals surface area contributed by atoms with Crippen molar-refractivity contribution in [2.75, 3.05) is 20.3 Å². The molecule has 2 atom stereocenters. The second-order valence-electron chi connectivity index (χ2n) is 7.01. The van der Waals surface area contributed by atoms with Crippen LogP contribution in [0.2, 0.25) is 0 Å². The molecule has 0 fully saturated rings. The van der Waals surface area contributed by atoms with Crippen molar-refractivity contribution < 1.29 is 28.5 Å². The van der Waals surface area contributed by atoms with Crippen molar-refractivity contribution in [2.24, 2.45) is 0 Å². The van der Waals surface area contributed by atoms with E-state index < -0.39 is 12.1 Å². The molecule has 1 aliphatic rings. The molecule has 0 bridgehead atoms. The normalized spacial score (nSPS) is 14.4. The number of benzene rings is 2. The molecule has 160 valence electrons. The third-order valence-electron chi connectivity index (χ3n) is 4.81. The lowest BCUT2D eigenvalue weighted by molar-refractivity contribution is -0.129. The highest BCUT2D eigenvalue weighted by atomic mass is 16.6. The number of nitrogens with one attached hydrogen (secondary N) is 1. The van der Waals surface area contributed by atoms with E-state index in [4.69, 9.17) is 18.9 Å². The summed E-state index contributed by atoms with van der Waals surface area (Å²) in [7, 11) is 1.48. The first kappa shape index (κ1) is 21.5. The average Bonchev–Trinajstić information content (AvgIpc) is 2.78. The van der Waals surface area contributed by atoms with Crippen molar-refractivity contribution in [1.29, 1.82) is 0 Å². The van der Waals surface area contributed by atoms with Gasteiger partial charge < -0.3 is 24.3 Å². The number of esters is 1. The van der Waals surface area contributed by atoms with Crippen LogP contribution in [0.1, 0.15) is 48.7 Å². The van der Waals surface area contributed by atoms with Crippen LogP contribution in [0.3, 0.4) is 0 Å². The van der Waals surface area contributed by atoms with Gasteiger partial charge in [-0.1, -0.05) is 43.7 Å². The van der Waals surface area contributed by atoms with E-state index in [1.807, 2.05) is 30.3 Å². The van der Waals surface area contributed by atoms with Gasteiger partial charge in [0.2, 0.25) is 5.75 Å². The first-order chi connectivity index (χ1) is 14.5. The zero-order valence-electron chi connectivity index (χ0n) is 17.5. The molecule has 1 amide bonds. The van der Waals surface area contributed by atoms with E-state index in [9.17, 15) is 9.59 Å². The van der Waals surface area contributed by atoms with Crippen molar-refractivity contribution in [1.82, 2.24) is 5.32 Å². The second-order valence-corrected chi connectivity index (χ2v) is 7.01. The molecular weight excluding hydrogens is 386 g/mol. The molecule has 1 N–H and O–H groups in total. The summed E-state index contributed by atoms with van der Waals surface area (Å²) in [6.07, 6.45) is 0.737. The predicted molar refractivity (Wildman–Crippen MR) is 111 cm³/mol. The highest BCUT2D eigenvalue weighted by molar-refractivity contribution is 5.93. The number of amides is 1. The fourth-order valence-corrected chi connectivity index (χ4v) is 3.26. The number of fused-ring (bicyclic) bond motifs is 1. The smallest absolute Gasteiger partial charge is 0.339 e. The Morgan fingerprint density at radius 1 is 1.13 bits per heavy atom. The zero-order valence-corrected chi connectivity index (χ0v) is 17.5. The van der Waals surface area contributed by atoms with Crippen molar-refractivity contribution in [2.45, 2.75) is 38.8 Å². The van der Waals surface area contributed by atoms with Crippen LogP contribution in [0.25, 0.3) is 0 Å². The summed E-state index contributed by atoms with van der Waals surface area (Å²) in [5.74, 6) is 0.256. The standard InChI is InChI=1S/C23H27NO6/c1-4-8-18(16-9-6-5-7-10-16)24-22(25)15(2)30-23(26)17-13-19(27-3)21-20(14-17)28-11-12-29-21/h5-7,9-10,13-15,18H,4,8,11-12H2,1-3H3,(H,24,25)/t15-,18+/m0/s1. The number of ether oxygens (including phenoxy) is 4. The third-order valence-corrected chi connectivity index (χ3v) is 4.81. The minimum absolute atomic E-state index is 0.140. The lowest BCUT2D eigenvalue weighted by Gasteiger charge is -2.22. The van der Waals surface area contributed by atoms with Gasteiger partial charge in [0.15, 0.2) is 17.6 Å². The van der Waals surface area contributed by atoms with Gasteiger partial charge in [-0.3, -0.25) is 4.79 Å². The number of carbonyl (C=O) groups excluding carboxylic acids is 2. The van der Waals surface area contributed by atoms with Crippen LogP contribution >= 0.6 is 0 Å². The molecule has 0 unspecified atom stereocenters. The minimum atomic E-state index is -0.959. The Morgan fingerprint density at radius 3 is 2.57 bits per heavy atom. The lowest BCUT2D eigenvalue weighted by atomic mass is 10.0. The maximum atomic E-state index is 12.7. The molecule has 0 spiro atoms. The summed E-state index contributed by atoms with van der Waals surface area (Å²) < 4.78 is 21.8. The topological polar surface area (TPSA) is 83.1 Å². The van der Waals surface area contributed by atoms with Crippen LogP contribution in [0.4, 0.5) is 0 Å². The Hall–Kier alpha value is -3.22. The monoisotopic (exact) mass is 413 g/mol. The molecule has 1 heterocycles. The van der Waals surface area contributed by atoms with Gasteiger partial charge in [0.25, 0.3) is 5.91 Å². The molecule has 3 rings (SSSR count). The van der Waals surface area contributed by atoms with Crippen molar-refractivity contribution in [3.05, 3.63) is 53.6 Å². The lowest BCUT2D eigenvalue weighted by Crippen LogP contribution is -2.38. The van der Waals surface area contributed by atoms with Crippen molar-refractivity contribution in [3.8, 4) is 17.2 Å². The van der Waals surface area contributed by atoms with Crippen molar-refractivity contribution in [3.63, 3.8) is 0 Å². The van der Waals surface area contributed by atoms with Gasteiger partial charge in [0.05, 0.1) is 18.7 Å². The molecule has 30 heavy (non-hydrogen) atoms. The first-order valence-electron chi connectivity index (χ1n) is 10.1. The predicted octanol–water partition coefficient (Wildman–Crippen LogP) is 3.67. The average molecular weight is 413 g/mol. The molecule has 0 saturated heterocycles. The molecule has 0 radical (unpaired) electrons. The van der Waals surface area contributed by atoms with Crippen molar-refractivity contribution >= 4 is 11.9 Å². The molecule has 2 aromatic rings. The number of hydrogen-bond donors (Lipinski definition) is 1. The van der Waals surface area contributed by atoms with Gasteiger partial charge in [-0.15, -0.1) is 0 Å². The van der Waals surface area contributed by atoms with Crippen LogP contribution in [0, 0.1) is 0 Å². The largest absolute Gasteiger partial charge is 0.493 e. The highest BCUT2D eigenvalue weighted by Crippen LogP contribution is 2.40. The number of rotatable bonds is 8. The number of methoxy groups -OCH3 is 1. The van der Waals surface area contributed by atoms with E-state index in [2.05, 4.69) is 12.2 Å². The Labute approximate surface area is 176 Å². The summed E-state index contributed by atoms with van der Waals surface area (Å²) in [6.45, 7) is 4.40. The molecule has 0 aliphatic carbocycles. The van der Waals surface area contributed by atoms with E-state index in [0.717, 1.165) is 18.4 Å². The Balaban J connectivity index is 1.68. The molecule has 7 nitrogen and oxygen atoms in total. The number of carbonyl (C=O) groups is 2. The summed E-state index contributed by atoms with van der Waals surface area (Å²) in [5, 5.41) is 2.98. The fraction of sp³-hybridized carbons (Fsp3) is 0.391. The van der Waals surface area contributed by atoms with E-state index in [-0.39, 0.29) is 17.5 Å². The molecule has 1 aliphatic heterocycles. The summed E-state index contributed by atoms with van der Waals surface area (Å²) in [6, 6.07) is 12.7. The molecule has 0 aromatic heterocycles. The van der Waals surface area contributed by atoms with Gasteiger partial charge in [0.1, 0.15) is 13.2 Å². The first-order valence-corrected chi connectivity index (χ1v) is 10.1. The van der Waals surface area contributed by atoms with Crippen LogP contribution in [-0.2, 0) is 9.53 Å². The summed E-state index contributed by atoms with van der Waals surface area (Å²) in [5.41, 5.74) is 1.24. The van der Waals surface area contributed by atoms with E-state index in [1.54, 1.807) is 6.92 Å². The Morgan fingerprint density at radius 2 is 1.87 bits per heavy atom. The highest BCUT2D eigenvalue weighted by Gasteiger charge is 2.25. The number of hydrogen-bond acceptors (Lipinski definition) is 6. The minimum Gasteiger partial charge on any atom is -0.493 e. The third kappa shape index (κ3) is 5.03. The van der Waals surface area contributed by atoms with Crippen LogP contribution < -0.4 is 19.5 Å². The Bertz CT molecular complexity index is 866. The van der Waals surface area contributed by atoms with Gasteiger partial charge in [-0.2, -0.15) is 0 Å². The van der Waals surface area contributed by atoms with Crippen LogP contribution in [0.15, 0.2) is 42.5 Å². The van der Waals surface area contributed by atoms with Gasteiger partial charge >= 0.3 is 5.97 Å². The van der Waals surface area contributed by atoms with Crippen LogP contribution in [-0.4, -0.2) is 38.3 Å². The second kappa shape index (κ2) is 10.0. The van der Waals surface area contributed by atoms with Crippen LogP contribution in [0.5, 0.6) is 17.2 Å². The van der Waals surface area contributed by atoms with Gasteiger partial charge in [-0.25, -0.2) is 4.79 Å². The maximum absolute atomic E-state index is 12.7. The SMILES string of the molecule is CCC[C@@H](NC(=O)[C@H](C)OC(=O)c1cc(OC)c2c(c1)OCCO2)c1ccccc1. The molecule has 7 heteroatoms. The van der Waals surface area contributed by atoms with E-state index >= 15 is 0 Å². The quantitative estimate of drug-likeness (QED) is 0.665. The van der Waals surface area contributed by atoms with Gasteiger partial charge in [-0.05, 0) is 31.0 Å². The van der Waals surface area contributed by atoms with Gasteiger partial charge in [0, 0.05) is 0 Å².